The molecule has 0 bridgehead atoms. The van der Waals surface area contributed by atoms with Crippen molar-refractivity contribution in [3.8, 4) is 0 Å². The highest BCUT2D eigenvalue weighted by atomic mass is 32.1. The molecule has 0 aliphatic carbocycles. The lowest BCUT2D eigenvalue weighted by atomic mass is 10.0. The summed E-state index contributed by atoms with van der Waals surface area (Å²) in [6.45, 7) is 5.43. The number of nitrogens with one attached hydrogen (secondary N) is 2. The molecule has 2 saturated heterocycles. The minimum Gasteiger partial charge on any atom is -0.469 e. The first-order valence-corrected chi connectivity index (χ1v) is 9.26. The summed E-state index contributed by atoms with van der Waals surface area (Å²) in [7, 11) is 0. The fraction of sp³-hybridized carbons (Fsp3) is 0.471. The lowest BCUT2D eigenvalue weighted by molar-refractivity contribution is -0.129. The van der Waals surface area contributed by atoms with Crippen LogP contribution < -0.4 is 10.6 Å². The summed E-state index contributed by atoms with van der Waals surface area (Å²) >= 11 is 1.33. The average Bonchev–Trinajstić information content (AvgIpc) is 3.30. The van der Waals surface area contributed by atoms with Crippen molar-refractivity contribution in [2.24, 2.45) is 11.8 Å². The van der Waals surface area contributed by atoms with Crippen LogP contribution >= 0.6 is 11.3 Å². The van der Waals surface area contributed by atoms with Gasteiger partial charge in [-0.25, -0.2) is 4.98 Å². The van der Waals surface area contributed by atoms with Gasteiger partial charge in [0.05, 0.1) is 23.9 Å². The topological polar surface area (TPSA) is 87.5 Å². The van der Waals surface area contributed by atoms with Gasteiger partial charge in [-0.1, -0.05) is 0 Å². The minimum atomic E-state index is -0.252. The molecule has 2 N–H and O–H groups in total. The number of hydrogen-bond donors (Lipinski definition) is 2. The van der Waals surface area contributed by atoms with Crippen LogP contribution in [0, 0.1) is 18.8 Å². The Kier molecular flexibility index (Phi) is 4.30. The molecule has 7 nitrogen and oxygen atoms in total. The molecule has 0 unspecified atom stereocenters. The molecule has 2 aliphatic rings. The molecular weight excluding hydrogens is 340 g/mol. The van der Waals surface area contributed by atoms with Crippen LogP contribution in [0.25, 0.3) is 0 Å². The molecule has 2 amide bonds. The SMILES string of the molecule is Cc1occc1C(=O)Nc1nc(CC(=O)N2C[C@H]3CNC[C@H]3C2)cs1. The Bertz CT molecular complexity index is 787. The van der Waals surface area contributed by atoms with Crippen molar-refractivity contribution in [2.45, 2.75) is 13.3 Å². The fourth-order valence-corrected chi connectivity index (χ4v) is 4.26. The second-order valence-corrected chi connectivity index (χ2v) is 7.50. The summed E-state index contributed by atoms with van der Waals surface area (Å²) < 4.78 is 5.14. The second-order valence-electron chi connectivity index (χ2n) is 6.64. The van der Waals surface area contributed by atoms with Gasteiger partial charge in [-0.15, -0.1) is 11.3 Å². The van der Waals surface area contributed by atoms with Crippen LogP contribution in [0.15, 0.2) is 22.1 Å². The zero-order valence-electron chi connectivity index (χ0n) is 13.9. The van der Waals surface area contributed by atoms with Gasteiger partial charge in [-0.2, -0.15) is 0 Å². The third-order valence-corrected chi connectivity index (χ3v) is 5.76. The van der Waals surface area contributed by atoms with Crippen molar-refractivity contribution < 1.29 is 14.0 Å². The van der Waals surface area contributed by atoms with Crippen LogP contribution in [0.1, 0.15) is 21.8 Å². The zero-order chi connectivity index (χ0) is 17.4. The molecule has 8 heteroatoms. The number of nitrogens with zero attached hydrogens (tertiary/aromatic N) is 2. The maximum Gasteiger partial charge on any atom is 0.260 e. The van der Waals surface area contributed by atoms with Crippen molar-refractivity contribution in [3.63, 3.8) is 0 Å². The number of anilines is 1. The van der Waals surface area contributed by atoms with Crippen LogP contribution in [0.4, 0.5) is 5.13 Å². The number of thiazole rings is 1. The van der Waals surface area contributed by atoms with E-state index in [0.29, 0.717) is 34.0 Å². The van der Waals surface area contributed by atoms with E-state index in [4.69, 9.17) is 4.42 Å². The first kappa shape index (κ1) is 16.3. The number of carbonyl (C=O) groups is 2. The minimum absolute atomic E-state index is 0.114. The van der Waals surface area contributed by atoms with Crippen molar-refractivity contribution in [3.05, 3.63) is 34.7 Å². The summed E-state index contributed by atoms with van der Waals surface area (Å²) in [5.41, 5.74) is 1.19. The first-order valence-electron chi connectivity index (χ1n) is 8.38. The smallest absolute Gasteiger partial charge is 0.260 e. The number of furan rings is 1. The number of hydrogen-bond acceptors (Lipinski definition) is 6. The normalized spacial score (nSPS) is 22.2. The van der Waals surface area contributed by atoms with E-state index in [9.17, 15) is 9.59 Å². The van der Waals surface area contributed by atoms with Gasteiger partial charge in [0.1, 0.15) is 5.76 Å². The summed E-state index contributed by atoms with van der Waals surface area (Å²) in [5, 5.41) is 8.45. The van der Waals surface area contributed by atoms with Gasteiger partial charge >= 0.3 is 0 Å². The van der Waals surface area contributed by atoms with Crippen LogP contribution in [0.5, 0.6) is 0 Å². The molecule has 25 heavy (non-hydrogen) atoms. The molecule has 0 aromatic carbocycles. The summed E-state index contributed by atoms with van der Waals surface area (Å²) in [4.78, 5) is 31.0. The Morgan fingerprint density at radius 3 is 2.84 bits per heavy atom. The van der Waals surface area contributed by atoms with E-state index in [0.717, 1.165) is 26.2 Å². The van der Waals surface area contributed by atoms with Crippen molar-refractivity contribution in [1.82, 2.24) is 15.2 Å². The Balaban J connectivity index is 1.34. The zero-order valence-corrected chi connectivity index (χ0v) is 14.8. The maximum atomic E-state index is 12.5. The number of rotatable bonds is 4. The van der Waals surface area contributed by atoms with Crippen LogP contribution in [0.2, 0.25) is 0 Å². The number of amides is 2. The highest BCUT2D eigenvalue weighted by molar-refractivity contribution is 7.14. The Morgan fingerprint density at radius 1 is 1.40 bits per heavy atom. The largest absolute Gasteiger partial charge is 0.469 e. The van der Waals surface area contributed by atoms with E-state index in [-0.39, 0.29) is 18.2 Å². The van der Waals surface area contributed by atoms with E-state index >= 15 is 0 Å². The van der Waals surface area contributed by atoms with E-state index in [1.54, 1.807) is 13.0 Å². The van der Waals surface area contributed by atoms with Gasteiger partial charge in [0.2, 0.25) is 5.91 Å². The van der Waals surface area contributed by atoms with Crippen molar-refractivity contribution >= 4 is 28.3 Å². The van der Waals surface area contributed by atoms with Gasteiger partial charge < -0.3 is 14.6 Å². The molecule has 0 saturated carbocycles. The van der Waals surface area contributed by atoms with Gasteiger partial charge in [0.25, 0.3) is 5.91 Å². The van der Waals surface area contributed by atoms with Crippen LogP contribution in [0.3, 0.4) is 0 Å². The average molecular weight is 360 g/mol. The predicted octanol–water partition coefficient (Wildman–Crippen LogP) is 1.52. The first-order chi connectivity index (χ1) is 12.1. The molecule has 2 aromatic heterocycles. The van der Waals surface area contributed by atoms with Gasteiger partial charge in [0, 0.05) is 31.6 Å². The molecule has 2 fully saturated rings. The molecule has 2 aromatic rings. The summed E-state index contributed by atoms with van der Waals surface area (Å²) in [6.07, 6.45) is 1.76. The second kappa shape index (κ2) is 6.61. The Hall–Kier alpha value is -2.19. The number of aryl methyl sites for hydroxylation is 1. The molecule has 4 heterocycles. The van der Waals surface area contributed by atoms with E-state index in [1.165, 1.54) is 17.6 Å². The molecular formula is C17H20N4O3S. The Morgan fingerprint density at radius 2 is 2.16 bits per heavy atom. The highest BCUT2D eigenvalue weighted by Crippen LogP contribution is 2.27. The monoisotopic (exact) mass is 360 g/mol. The van der Waals surface area contributed by atoms with Crippen LogP contribution in [-0.4, -0.2) is 47.9 Å². The van der Waals surface area contributed by atoms with Gasteiger partial charge in [-0.3, -0.25) is 14.9 Å². The number of aromatic nitrogens is 1. The predicted molar refractivity (Wildman–Crippen MR) is 93.6 cm³/mol. The third-order valence-electron chi connectivity index (χ3n) is 4.95. The van der Waals surface area contributed by atoms with E-state index < -0.39 is 0 Å². The number of likely N-dealkylation sites (tertiary alicyclic amines) is 1. The fourth-order valence-electron chi connectivity index (χ4n) is 3.56. The molecule has 2 atom stereocenters. The molecule has 132 valence electrons. The molecule has 4 rings (SSSR count). The quantitative estimate of drug-likeness (QED) is 0.863. The number of carbonyl (C=O) groups excluding carboxylic acids is 2. The van der Waals surface area contributed by atoms with Gasteiger partial charge in [0.15, 0.2) is 5.13 Å². The molecule has 0 spiro atoms. The van der Waals surface area contributed by atoms with Crippen LogP contribution in [-0.2, 0) is 11.2 Å². The lowest BCUT2D eigenvalue weighted by Crippen LogP contribution is -2.33. The highest BCUT2D eigenvalue weighted by Gasteiger charge is 2.37. The Labute approximate surface area is 149 Å². The molecule has 2 aliphatic heterocycles. The third kappa shape index (κ3) is 3.32. The van der Waals surface area contributed by atoms with E-state index in [1.807, 2.05) is 10.3 Å². The summed E-state index contributed by atoms with van der Waals surface area (Å²) in [5.74, 6) is 1.61. The maximum absolute atomic E-state index is 12.5. The summed E-state index contributed by atoms with van der Waals surface area (Å²) in [6, 6.07) is 1.63. The standard InChI is InChI=1S/C17H20N4O3S/c1-10-14(2-3-24-10)16(23)20-17-19-13(9-25-17)4-15(22)21-7-11-5-18-6-12(11)8-21/h2-3,9,11-12,18H,4-8H2,1H3,(H,19,20,23)/t11-,12+. The van der Waals surface area contributed by atoms with E-state index in [2.05, 4.69) is 15.6 Å². The van der Waals surface area contributed by atoms with Crippen molar-refractivity contribution in [2.75, 3.05) is 31.5 Å². The van der Waals surface area contributed by atoms with Gasteiger partial charge in [-0.05, 0) is 24.8 Å². The lowest BCUT2D eigenvalue weighted by Gasteiger charge is -2.16. The number of fused-ring (bicyclic) bond motifs is 1. The molecule has 0 radical (unpaired) electrons. The van der Waals surface area contributed by atoms with Crippen molar-refractivity contribution in [1.29, 1.82) is 0 Å².